The summed E-state index contributed by atoms with van der Waals surface area (Å²) < 4.78 is 2.15. The van der Waals surface area contributed by atoms with E-state index in [1.54, 1.807) is 11.3 Å². The highest BCUT2D eigenvalue weighted by Gasteiger charge is 2.13. The van der Waals surface area contributed by atoms with Gasteiger partial charge in [-0.3, -0.25) is 0 Å². The SMILES string of the molecule is Cc1cccc(C(N)c2cc(Br)c(Br)s2)c1. The zero-order chi connectivity index (χ0) is 11.7. The van der Waals surface area contributed by atoms with E-state index >= 15 is 0 Å². The third-order valence-electron chi connectivity index (χ3n) is 2.37. The fraction of sp³-hybridized carbons (Fsp3) is 0.167. The van der Waals surface area contributed by atoms with Gasteiger partial charge in [-0.05, 0) is 50.4 Å². The van der Waals surface area contributed by atoms with E-state index in [-0.39, 0.29) is 6.04 Å². The van der Waals surface area contributed by atoms with Crippen molar-refractivity contribution < 1.29 is 0 Å². The van der Waals surface area contributed by atoms with Crippen LogP contribution in [0, 0.1) is 6.92 Å². The molecule has 1 atom stereocenters. The lowest BCUT2D eigenvalue weighted by Crippen LogP contribution is -2.10. The molecule has 2 N–H and O–H groups in total. The second kappa shape index (κ2) is 5.00. The van der Waals surface area contributed by atoms with Crippen molar-refractivity contribution in [2.24, 2.45) is 5.73 Å². The molecule has 0 aliphatic rings. The van der Waals surface area contributed by atoms with Crippen LogP contribution in [0.4, 0.5) is 0 Å². The molecule has 0 aliphatic heterocycles. The van der Waals surface area contributed by atoms with Gasteiger partial charge >= 0.3 is 0 Å². The van der Waals surface area contributed by atoms with Gasteiger partial charge in [-0.1, -0.05) is 29.8 Å². The second-order valence-electron chi connectivity index (χ2n) is 3.66. The largest absolute Gasteiger partial charge is 0.320 e. The van der Waals surface area contributed by atoms with E-state index in [0.717, 1.165) is 18.7 Å². The summed E-state index contributed by atoms with van der Waals surface area (Å²) in [6, 6.07) is 10.3. The predicted molar refractivity (Wildman–Crippen MR) is 76.9 cm³/mol. The van der Waals surface area contributed by atoms with Crippen molar-refractivity contribution >= 4 is 43.2 Å². The monoisotopic (exact) mass is 359 g/mol. The summed E-state index contributed by atoms with van der Waals surface area (Å²) in [7, 11) is 0. The van der Waals surface area contributed by atoms with Crippen LogP contribution in [0.2, 0.25) is 0 Å². The Labute approximate surface area is 116 Å². The number of hydrogen-bond acceptors (Lipinski definition) is 2. The van der Waals surface area contributed by atoms with Crippen LogP contribution in [-0.4, -0.2) is 0 Å². The van der Waals surface area contributed by atoms with Crippen LogP contribution in [0.15, 0.2) is 38.6 Å². The molecule has 84 valence electrons. The van der Waals surface area contributed by atoms with Gasteiger partial charge in [-0.15, -0.1) is 11.3 Å². The van der Waals surface area contributed by atoms with Crippen LogP contribution < -0.4 is 5.73 Å². The summed E-state index contributed by atoms with van der Waals surface area (Å²) in [5, 5.41) is 0. The molecular formula is C12H11Br2NS. The van der Waals surface area contributed by atoms with Gasteiger partial charge in [-0.2, -0.15) is 0 Å². The summed E-state index contributed by atoms with van der Waals surface area (Å²) >= 11 is 8.63. The van der Waals surface area contributed by atoms with Crippen molar-refractivity contribution in [2.45, 2.75) is 13.0 Å². The van der Waals surface area contributed by atoms with E-state index in [9.17, 15) is 0 Å². The molecule has 0 saturated heterocycles. The van der Waals surface area contributed by atoms with E-state index < -0.39 is 0 Å². The molecule has 16 heavy (non-hydrogen) atoms. The van der Waals surface area contributed by atoms with Crippen LogP contribution in [0.3, 0.4) is 0 Å². The van der Waals surface area contributed by atoms with E-state index in [1.165, 1.54) is 5.56 Å². The Balaban J connectivity index is 2.35. The van der Waals surface area contributed by atoms with E-state index in [2.05, 4.69) is 63.0 Å². The Morgan fingerprint density at radius 1 is 1.25 bits per heavy atom. The lowest BCUT2D eigenvalue weighted by molar-refractivity contribution is 0.891. The van der Waals surface area contributed by atoms with Crippen LogP contribution in [0.25, 0.3) is 0 Å². The van der Waals surface area contributed by atoms with Gasteiger partial charge in [0, 0.05) is 9.35 Å². The van der Waals surface area contributed by atoms with Crippen molar-refractivity contribution in [1.82, 2.24) is 0 Å². The Morgan fingerprint density at radius 2 is 2.00 bits per heavy atom. The first kappa shape index (κ1) is 12.3. The number of thiophene rings is 1. The van der Waals surface area contributed by atoms with E-state index in [4.69, 9.17) is 5.73 Å². The van der Waals surface area contributed by atoms with E-state index in [0.29, 0.717) is 0 Å². The normalized spacial score (nSPS) is 12.8. The van der Waals surface area contributed by atoms with Crippen LogP contribution in [-0.2, 0) is 0 Å². The Morgan fingerprint density at radius 3 is 2.56 bits per heavy atom. The topological polar surface area (TPSA) is 26.0 Å². The Kier molecular flexibility index (Phi) is 3.85. The molecule has 0 saturated carbocycles. The van der Waals surface area contributed by atoms with E-state index in [1.807, 2.05) is 6.07 Å². The molecule has 2 aromatic rings. The maximum absolute atomic E-state index is 6.24. The molecule has 2 rings (SSSR count). The molecule has 1 aromatic carbocycles. The molecule has 1 unspecified atom stereocenters. The highest BCUT2D eigenvalue weighted by molar-refractivity contribution is 9.13. The molecular weight excluding hydrogens is 350 g/mol. The van der Waals surface area contributed by atoms with Crippen molar-refractivity contribution in [3.05, 3.63) is 54.6 Å². The first-order valence-corrected chi connectivity index (χ1v) is 7.25. The standard InChI is InChI=1S/C12H11Br2NS/c1-7-3-2-4-8(5-7)11(15)10-6-9(13)12(14)16-10/h2-6,11H,15H2,1H3. The van der Waals surface area contributed by atoms with Crippen molar-refractivity contribution in [2.75, 3.05) is 0 Å². The quantitative estimate of drug-likeness (QED) is 0.830. The summed E-state index contributed by atoms with van der Waals surface area (Å²) in [4.78, 5) is 1.16. The molecule has 4 heteroatoms. The molecule has 1 nitrogen and oxygen atoms in total. The van der Waals surface area contributed by atoms with Crippen LogP contribution in [0.1, 0.15) is 22.0 Å². The maximum Gasteiger partial charge on any atom is 0.0843 e. The van der Waals surface area contributed by atoms with Gasteiger partial charge in [0.1, 0.15) is 0 Å². The van der Waals surface area contributed by atoms with Gasteiger partial charge in [0.2, 0.25) is 0 Å². The molecule has 0 aliphatic carbocycles. The molecule has 0 spiro atoms. The summed E-state index contributed by atoms with van der Waals surface area (Å²) in [6.45, 7) is 2.08. The smallest absolute Gasteiger partial charge is 0.0843 e. The third kappa shape index (κ3) is 2.56. The Hall–Kier alpha value is -0.160. The fourth-order valence-corrected chi connectivity index (χ4v) is 3.66. The number of hydrogen-bond donors (Lipinski definition) is 1. The number of rotatable bonds is 2. The van der Waals surface area contributed by atoms with Crippen LogP contribution >= 0.6 is 43.2 Å². The first-order valence-electron chi connectivity index (χ1n) is 4.85. The second-order valence-corrected chi connectivity index (χ2v) is 6.92. The lowest BCUT2D eigenvalue weighted by atomic mass is 10.0. The molecule has 0 bridgehead atoms. The first-order chi connectivity index (χ1) is 7.58. The number of benzene rings is 1. The van der Waals surface area contributed by atoms with Crippen molar-refractivity contribution in [3.8, 4) is 0 Å². The molecule has 1 heterocycles. The van der Waals surface area contributed by atoms with Gasteiger partial charge in [-0.25, -0.2) is 0 Å². The number of aryl methyl sites for hydroxylation is 1. The van der Waals surface area contributed by atoms with Gasteiger partial charge in [0.25, 0.3) is 0 Å². The lowest BCUT2D eigenvalue weighted by Gasteiger charge is -2.10. The third-order valence-corrected chi connectivity index (χ3v) is 5.71. The number of nitrogens with two attached hydrogens (primary N) is 1. The van der Waals surface area contributed by atoms with Gasteiger partial charge in [0.05, 0.1) is 9.83 Å². The van der Waals surface area contributed by atoms with Crippen molar-refractivity contribution in [1.29, 1.82) is 0 Å². The zero-order valence-corrected chi connectivity index (χ0v) is 12.7. The van der Waals surface area contributed by atoms with Gasteiger partial charge in [0.15, 0.2) is 0 Å². The molecule has 0 radical (unpaired) electrons. The summed E-state index contributed by atoms with van der Waals surface area (Å²) in [5.74, 6) is 0. The zero-order valence-electron chi connectivity index (χ0n) is 8.71. The summed E-state index contributed by atoms with van der Waals surface area (Å²) in [5.41, 5.74) is 8.63. The Bertz CT molecular complexity index is 488. The minimum atomic E-state index is -0.0486. The molecule has 1 aromatic heterocycles. The van der Waals surface area contributed by atoms with Crippen LogP contribution in [0.5, 0.6) is 0 Å². The summed E-state index contributed by atoms with van der Waals surface area (Å²) in [6.07, 6.45) is 0. The minimum Gasteiger partial charge on any atom is -0.320 e. The highest BCUT2D eigenvalue weighted by atomic mass is 79.9. The molecule has 0 fully saturated rings. The predicted octanol–water partition coefficient (Wildman–Crippen LogP) is 4.63. The number of halogens is 2. The molecule has 0 amide bonds. The fourth-order valence-electron chi connectivity index (χ4n) is 1.54. The highest BCUT2D eigenvalue weighted by Crippen LogP contribution is 2.36. The average molecular weight is 361 g/mol. The average Bonchev–Trinajstić information content (AvgIpc) is 2.58. The maximum atomic E-state index is 6.24. The minimum absolute atomic E-state index is 0.0486. The van der Waals surface area contributed by atoms with Crippen molar-refractivity contribution in [3.63, 3.8) is 0 Å². The van der Waals surface area contributed by atoms with Gasteiger partial charge < -0.3 is 5.73 Å².